The Hall–Kier alpha value is -1.37. The Labute approximate surface area is 142 Å². The quantitative estimate of drug-likeness (QED) is 0.833. The molecule has 0 bridgehead atoms. The van der Waals surface area contributed by atoms with Crippen molar-refractivity contribution in [3.8, 4) is 0 Å². The van der Waals surface area contributed by atoms with Crippen LogP contribution in [0.25, 0.3) is 0 Å². The third kappa shape index (κ3) is 3.94. The Morgan fingerprint density at radius 1 is 1.22 bits per heavy atom. The van der Waals surface area contributed by atoms with E-state index in [2.05, 4.69) is 26.2 Å². The van der Waals surface area contributed by atoms with Gasteiger partial charge >= 0.3 is 5.69 Å². The smallest absolute Gasteiger partial charge is 0.328 e. The topological polar surface area (TPSA) is 84.0 Å². The monoisotopic (exact) mass is 383 g/mol. The van der Waals surface area contributed by atoms with Crippen LogP contribution in [0.2, 0.25) is 0 Å². The van der Waals surface area contributed by atoms with Crippen LogP contribution in [-0.4, -0.2) is 21.5 Å². The van der Waals surface area contributed by atoms with Gasteiger partial charge in [0, 0.05) is 12.2 Å². The summed E-state index contributed by atoms with van der Waals surface area (Å²) in [5.41, 5.74) is -1.05. The molecule has 1 aromatic rings. The van der Waals surface area contributed by atoms with E-state index < -0.39 is 11.2 Å². The van der Waals surface area contributed by atoms with Crippen LogP contribution in [-0.2, 0) is 11.3 Å². The number of carbonyl (C=O) groups is 1. The molecule has 2 aliphatic rings. The molecule has 23 heavy (non-hydrogen) atoms. The van der Waals surface area contributed by atoms with E-state index >= 15 is 0 Å². The number of aromatic amines is 1. The van der Waals surface area contributed by atoms with Crippen LogP contribution in [0.4, 0.5) is 0 Å². The van der Waals surface area contributed by atoms with Crippen LogP contribution in [0.1, 0.15) is 44.9 Å². The fourth-order valence-electron chi connectivity index (χ4n) is 4.03. The first kappa shape index (κ1) is 16.5. The van der Waals surface area contributed by atoms with E-state index in [0.29, 0.717) is 0 Å². The highest BCUT2D eigenvalue weighted by Gasteiger charge is 2.32. The normalized spacial score (nSPS) is 27.3. The fraction of sp³-hybridized carbons (Fsp3) is 0.688. The lowest BCUT2D eigenvalue weighted by Gasteiger charge is -2.39. The standard InChI is InChI=1S/C16H22BrN3O3/c17-13-8-20(16(23)19-15(13)22)9-14(21)18-12-6-5-10-3-1-2-4-11(10)7-12/h8,10-12H,1-7,9H2,(H,18,21)(H,19,22,23)/t10-,11+,12-/m1/s1. The fourth-order valence-corrected chi connectivity index (χ4v) is 4.38. The maximum atomic E-state index is 12.2. The van der Waals surface area contributed by atoms with Gasteiger partial charge in [0.15, 0.2) is 0 Å². The van der Waals surface area contributed by atoms with E-state index in [9.17, 15) is 14.4 Å². The number of amides is 1. The van der Waals surface area contributed by atoms with Crippen molar-refractivity contribution < 1.29 is 4.79 Å². The molecule has 0 aliphatic heterocycles. The summed E-state index contributed by atoms with van der Waals surface area (Å²) >= 11 is 3.07. The summed E-state index contributed by atoms with van der Waals surface area (Å²) in [6.07, 6.45) is 9.91. The summed E-state index contributed by atoms with van der Waals surface area (Å²) in [7, 11) is 0. The molecule has 1 amide bonds. The molecule has 2 aliphatic carbocycles. The van der Waals surface area contributed by atoms with Crippen LogP contribution in [0, 0.1) is 11.8 Å². The zero-order valence-electron chi connectivity index (χ0n) is 13.0. The summed E-state index contributed by atoms with van der Waals surface area (Å²) < 4.78 is 1.46. The van der Waals surface area contributed by atoms with Gasteiger partial charge in [-0.15, -0.1) is 0 Å². The number of carbonyl (C=O) groups excluding carboxylic acids is 1. The average Bonchev–Trinajstić information content (AvgIpc) is 2.52. The molecule has 1 aromatic heterocycles. The van der Waals surface area contributed by atoms with Gasteiger partial charge in [0.05, 0.1) is 4.47 Å². The number of H-pyrrole nitrogens is 1. The molecule has 0 unspecified atom stereocenters. The van der Waals surface area contributed by atoms with Crippen molar-refractivity contribution in [2.45, 2.75) is 57.5 Å². The van der Waals surface area contributed by atoms with Gasteiger partial charge in [-0.1, -0.05) is 25.7 Å². The minimum absolute atomic E-state index is 0.0706. The van der Waals surface area contributed by atoms with Gasteiger partial charge in [-0.25, -0.2) is 4.79 Å². The molecule has 1 heterocycles. The predicted octanol–water partition coefficient (Wildman–Crippen LogP) is 1.77. The van der Waals surface area contributed by atoms with E-state index in [4.69, 9.17) is 0 Å². The molecule has 7 heteroatoms. The number of rotatable bonds is 3. The summed E-state index contributed by atoms with van der Waals surface area (Å²) in [6, 6.07) is 0.212. The lowest BCUT2D eigenvalue weighted by molar-refractivity contribution is -0.122. The van der Waals surface area contributed by atoms with Crippen molar-refractivity contribution in [3.63, 3.8) is 0 Å². The number of halogens is 1. The second kappa shape index (κ2) is 7.03. The summed E-state index contributed by atoms with van der Waals surface area (Å²) in [5.74, 6) is 1.41. The number of nitrogens with zero attached hydrogens (tertiary/aromatic N) is 1. The van der Waals surface area contributed by atoms with Gasteiger partial charge in [0.1, 0.15) is 6.54 Å². The molecule has 0 saturated heterocycles. The summed E-state index contributed by atoms with van der Waals surface area (Å²) in [5, 5.41) is 3.06. The number of fused-ring (bicyclic) bond motifs is 1. The molecule has 0 radical (unpaired) electrons. The Balaban J connectivity index is 1.58. The minimum atomic E-state index is -0.565. The molecule has 0 spiro atoms. The van der Waals surface area contributed by atoms with Gasteiger partial charge in [-0.3, -0.25) is 19.1 Å². The highest BCUT2D eigenvalue weighted by molar-refractivity contribution is 9.10. The first-order valence-corrected chi connectivity index (χ1v) is 9.11. The maximum absolute atomic E-state index is 12.2. The van der Waals surface area contributed by atoms with Crippen molar-refractivity contribution >= 4 is 21.8 Å². The molecule has 2 saturated carbocycles. The molecular weight excluding hydrogens is 362 g/mol. The number of nitrogens with one attached hydrogen (secondary N) is 2. The van der Waals surface area contributed by atoms with Crippen LogP contribution >= 0.6 is 15.9 Å². The third-order valence-corrected chi connectivity index (χ3v) is 5.75. The highest BCUT2D eigenvalue weighted by Crippen LogP contribution is 2.40. The largest absolute Gasteiger partial charge is 0.352 e. The lowest BCUT2D eigenvalue weighted by atomic mass is 9.69. The Morgan fingerprint density at radius 2 is 1.96 bits per heavy atom. The predicted molar refractivity (Wildman–Crippen MR) is 90.3 cm³/mol. The van der Waals surface area contributed by atoms with E-state index in [-0.39, 0.29) is 23.0 Å². The van der Waals surface area contributed by atoms with Crippen LogP contribution in [0.3, 0.4) is 0 Å². The summed E-state index contributed by atoms with van der Waals surface area (Å²) in [4.78, 5) is 37.4. The van der Waals surface area contributed by atoms with Gasteiger partial charge in [0.25, 0.3) is 5.56 Å². The van der Waals surface area contributed by atoms with Crippen LogP contribution in [0.5, 0.6) is 0 Å². The molecule has 3 atom stereocenters. The molecule has 6 nitrogen and oxygen atoms in total. The third-order valence-electron chi connectivity index (χ3n) is 5.19. The zero-order valence-corrected chi connectivity index (χ0v) is 14.6. The second-order valence-electron chi connectivity index (χ2n) is 6.75. The van der Waals surface area contributed by atoms with Gasteiger partial charge in [-0.2, -0.15) is 0 Å². The minimum Gasteiger partial charge on any atom is -0.352 e. The first-order valence-electron chi connectivity index (χ1n) is 8.31. The lowest BCUT2D eigenvalue weighted by Crippen LogP contribution is -2.44. The van der Waals surface area contributed by atoms with Crippen molar-refractivity contribution in [2.75, 3.05) is 0 Å². The number of hydrogen-bond donors (Lipinski definition) is 2. The van der Waals surface area contributed by atoms with E-state index in [0.717, 1.165) is 24.7 Å². The van der Waals surface area contributed by atoms with Crippen LogP contribution < -0.4 is 16.6 Å². The van der Waals surface area contributed by atoms with E-state index in [1.165, 1.54) is 42.9 Å². The van der Waals surface area contributed by atoms with E-state index in [1.54, 1.807) is 0 Å². The average molecular weight is 384 g/mol. The molecule has 126 valence electrons. The Kier molecular flexibility index (Phi) is 5.04. The maximum Gasteiger partial charge on any atom is 0.328 e. The van der Waals surface area contributed by atoms with Crippen molar-refractivity contribution in [1.29, 1.82) is 0 Å². The molecule has 2 N–H and O–H groups in total. The number of aromatic nitrogens is 2. The second-order valence-corrected chi connectivity index (χ2v) is 7.60. The molecule has 3 rings (SSSR count). The molecular formula is C16H22BrN3O3. The first-order chi connectivity index (χ1) is 11.0. The molecule has 2 fully saturated rings. The van der Waals surface area contributed by atoms with Gasteiger partial charge < -0.3 is 5.32 Å². The summed E-state index contributed by atoms with van der Waals surface area (Å²) in [6.45, 7) is -0.0706. The van der Waals surface area contributed by atoms with Crippen molar-refractivity contribution in [3.05, 3.63) is 31.5 Å². The van der Waals surface area contributed by atoms with Gasteiger partial charge in [0.2, 0.25) is 5.91 Å². The highest BCUT2D eigenvalue weighted by atomic mass is 79.9. The SMILES string of the molecule is O=C(Cn1cc(Br)c(=O)[nH]c1=O)N[C@@H]1CC[C@H]2CCCC[C@H]2C1. The van der Waals surface area contributed by atoms with E-state index in [1.807, 2.05) is 0 Å². The van der Waals surface area contributed by atoms with Crippen LogP contribution in [0.15, 0.2) is 20.3 Å². The Bertz CT molecular complexity index is 697. The molecule has 0 aromatic carbocycles. The van der Waals surface area contributed by atoms with Crippen molar-refractivity contribution in [2.24, 2.45) is 11.8 Å². The van der Waals surface area contributed by atoms with Gasteiger partial charge in [-0.05, 0) is 47.0 Å². The number of hydrogen-bond acceptors (Lipinski definition) is 3. The Morgan fingerprint density at radius 3 is 2.74 bits per heavy atom. The van der Waals surface area contributed by atoms with Crippen molar-refractivity contribution in [1.82, 2.24) is 14.9 Å². The zero-order chi connectivity index (χ0) is 16.4.